The van der Waals surface area contributed by atoms with Crippen molar-refractivity contribution in [3.63, 3.8) is 0 Å². The number of nitrogens with zero attached hydrogens (tertiary/aromatic N) is 1. The van der Waals surface area contributed by atoms with Gasteiger partial charge in [-0.3, -0.25) is 4.90 Å². The van der Waals surface area contributed by atoms with Crippen LogP contribution in [0.25, 0.3) is 0 Å². The van der Waals surface area contributed by atoms with Crippen LogP contribution in [0.15, 0.2) is 40.3 Å². The summed E-state index contributed by atoms with van der Waals surface area (Å²) in [6, 6.07) is 7.90. The molecule has 0 unspecified atom stereocenters. The zero-order valence-corrected chi connectivity index (χ0v) is 14.1. The molecule has 0 radical (unpaired) electrons. The van der Waals surface area contributed by atoms with E-state index >= 15 is 0 Å². The molecule has 124 valence electrons. The van der Waals surface area contributed by atoms with E-state index in [1.165, 1.54) is 12.8 Å². The summed E-state index contributed by atoms with van der Waals surface area (Å²) in [4.78, 5) is 15.7. The van der Waals surface area contributed by atoms with E-state index in [0.717, 1.165) is 23.7 Å². The molecule has 2 aromatic heterocycles. The second-order valence-corrected chi connectivity index (χ2v) is 6.85. The lowest BCUT2D eigenvalue weighted by Crippen LogP contribution is -2.42. The molecule has 2 N–H and O–H groups in total. The van der Waals surface area contributed by atoms with Crippen molar-refractivity contribution in [2.75, 3.05) is 19.6 Å². The molecule has 0 aromatic carbocycles. The number of amides is 2. The molecule has 0 aliphatic carbocycles. The van der Waals surface area contributed by atoms with Gasteiger partial charge < -0.3 is 15.1 Å². The van der Waals surface area contributed by atoms with E-state index in [2.05, 4.69) is 15.5 Å². The molecule has 1 fully saturated rings. The lowest BCUT2D eigenvalue weighted by Gasteiger charge is -2.26. The van der Waals surface area contributed by atoms with E-state index in [-0.39, 0.29) is 18.1 Å². The van der Waals surface area contributed by atoms with Gasteiger partial charge in [0.1, 0.15) is 5.76 Å². The molecule has 2 aromatic rings. The quantitative estimate of drug-likeness (QED) is 0.850. The number of likely N-dealkylation sites (tertiary alicyclic amines) is 1. The third-order valence-electron chi connectivity index (χ3n) is 4.23. The summed E-state index contributed by atoms with van der Waals surface area (Å²) in [5.74, 6) is 0.915. The molecule has 0 spiro atoms. The Bertz CT molecular complexity index is 591. The number of urea groups is 1. The van der Waals surface area contributed by atoms with E-state index in [1.807, 2.05) is 36.6 Å². The predicted octanol–water partition coefficient (Wildman–Crippen LogP) is 3.54. The topological polar surface area (TPSA) is 57.5 Å². The zero-order chi connectivity index (χ0) is 16.1. The van der Waals surface area contributed by atoms with Crippen molar-refractivity contribution in [1.82, 2.24) is 15.5 Å². The molecule has 1 saturated heterocycles. The van der Waals surface area contributed by atoms with Crippen LogP contribution in [0.2, 0.25) is 0 Å². The molecule has 23 heavy (non-hydrogen) atoms. The Morgan fingerprint density at radius 3 is 2.83 bits per heavy atom. The first kappa shape index (κ1) is 16.1. The van der Waals surface area contributed by atoms with Crippen LogP contribution in [0.4, 0.5) is 4.79 Å². The zero-order valence-electron chi connectivity index (χ0n) is 13.3. The number of carbonyl (C=O) groups is 1. The van der Waals surface area contributed by atoms with Crippen molar-refractivity contribution >= 4 is 17.4 Å². The minimum Gasteiger partial charge on any atom is -0.468 e. The van der Waals surface area contributed by atoms with Crippen molar-refractivity contribution in [3.05, 3.63) is 46.5 Å². The average Bonchev–Trinajstić information content (AvgIpc) is 3.30. The second-order valence-electron chi connectivity index (χ2n) is 5.87. The van der Waals surface area contributed by atoms with Gasteiger partial charge in [0, 0.05) is 11.4 Å². The summed E-state index contributed by atoms with van der Waals surface area (Å²) in [6.45, 7) is 4.66. The third kappa shape index (κ3) is 4.14. The smallest absolute Gasteiger partial charge is 0.315 e. The number of nitrogens with one attached hydrogen (secondary N) is 2. The van der Waals surface area contributed by atoms with Crippen LogP contribution in [0.3, 0.4) is 0 Å². The Kier molecular flexibility index (Phi) is 5.35. The first-order valence-corrected chi connectivity index (χ1v) is 8.97. The van der Waals surface area contributed by atoms with Crippen molar-refractivity contribution < 1.29 is 9.21 Å². The number of hydrogen-bond acceptors (Lipinski definition) is 4. The fourth-order valence-corrected chi connectivity index (χ4v) is 3.72. The highest BCUT2D eigenvalue weighted by molar-refractivity contribution is 7.10. The van der Waals surface area contributed by atoms with Crippen LogP contribution in [-0.2, 0) is 0 Å². The Labute approximate surface area is 140 Å². The van der Waals surface area contributed by atoms with E-state index in [1.54, 1.807) is 17.6 Å². The van der Waals surface area contributed by atoms with Gasteiger partial charge in [-0.15, -0.1) is 11.3 Å². The number of thiophene rings is 1. The number of carbonyl (C=O) groups excluding carboxylic acids is 1. The van der Waals surface area contributed by atoms with Gasteiger partial charge in [-0.2, -0.15) is 0 Å². The van der Waals surface area contributed by atoms with Crippen LogP contribution < -0.4 is 10.6 Å². The van der Waals surface area contributed by atoms with E-state index in [9.17, 15) is 4.79 Å². The van der Waals surface area contributed by atoms with Gasteiger partial charge in [-0.05, 0) is 56.4 Å². The second kappa shape index (κ2) is 7.66. The fourth-order valence-electron chi connectivity index (χ4n) is 2.99. The molecule has 3 heterocycles. The van der Waals surface area contributed by atoms with Crippen molar-refractivity contribution in [1.29, 1.82) is 0 Å². The van der Waals surface area contributed by atoms with Crippen LogP contribution in [0, 0.1) is 0 Å². The molecular weight excluding hydrogens is 310 g/mol. The molecule has 3 rings (SSSR count). The molecule has 6 heteroatoms. The lowest BCUT2D eigenvalue weighted by atomic mass is 10.2. The monoisotopic (exact) mass is 333 g/mol. The molecular formula is C17H23N3O2S. The van der Waals surface area contributed by atoms with E-state index in [4.69, 9.17) is 4.42 Å². The summed E-state index contributed by atoms with van der Waals surface area (Å²) in [7, 11) is 0. The first-order valence-electron chi connectivity index (χ1n) is 8.09. The van der Waals surface area contributed by atoms with E-state index < -0.39 is 0 Å². The van der Waals surface area contributed by atoms with Gasteiger partial charge >= 0.3 is 6.03 Å². The van der Waals surface area contributed by atoms with Gasteiger partial charge in [0.25, 0.3) is 0 Å². The minimum absolute atomic E-state index is 0.0175. The molecule has 2 atom stereocenters. The Morgan fingerprint density at radius 2 is 2.17 bits per heavy atom. The van der Waals surface area contributed by atoms with Gasteiger partial charge in [0.15, 0.2) is 0 Å². The largest absolute Gasteiger partial charge is 0.468 e. The lowest BCUT2D eigenvalue weighted by molar-refractivity contribution is 0.202. The van der Waals surface area contributed by atoms with Crippen LogP contribution in [-0.4, -0.2) is 30.6 Å². The molecule has 1 aliphatic heterocycles. The fraction of sp³-hybridized carbons (Fsp3) is 0.471. The Balaban J connectivity index is 1.55. The molecule has 0 bridgehead atoms. The number of furan rings is 1. The molecule has 2 amide bonds. The maximum absolute atomic E-state index is 12.2. The molecule has 1 aliphatic rings. The highest BCUT2D eigenvalue weighted by Crippen LogP contribution is 2.25. The first-order chi connectivity index (χ1) is 11.2. The van der Waals surface area contributed by atoms with Crippen molar-refractivity contribution in [2.24, 2.45) is 0 Å². The minimum atomic E-state index is -0.137. The molecule has 5 nitrogen and oxygen atoms in total. The maximum Gasteiger partial charge on any atom is 0.315 e. The van der Waals surface area contributed by atoms with E-state index in [0.29, 0.717) is 6.54 Å². The normalized spacial score (nSPS) is 17.8. The van der Waals surface area contributed by atoms with Gasteiger partial charge in [-0.25, -0.2) is 4.79 Å². The van der Waals surface area contributed by atoms with Gasteiger partial charge in [0.2, 0.25) is 0 Å². The predicted molar refractivity (Wildman–Crippen MR) is 91.5 cm³/mol. The molecule has 0 saturated carbocycles. The standard InChI is InChI=1S/C17H23N3O2S/c1-13(16-7-5-11-23-16)19-17(21)18-12-14(15-6-4-10-22-15)20-8-2-3-9-20/h4-7,10-11,13-14H,2-3,8-9,12H2,1H3,(H2,18,19,21)/t13-,14-/m1/s1. The Morgan fingerprint density at radius 1 is 1.35 bits per heavy atom. The highest BCUT2D eigenvalue weighted by Gasteiger charge is 2.26. The van der Waals surface area contributed by atoms with Gasteiger partial charge in [-0.1, -0.05) is 6.07 Å². The SMILES string of the molecule is C[C@@H](NC(=O)NC[C@H](c1ccco1)N1CCCC1)c1cccs1. The summed E-state index contributed by atoms with van der Waals surface area (Å²) >= 11 is 1.65. The summed E-state index contributed by atoms with van der Waals surface area (Å²) in [5, 5.41) is 8.00. The van der Waals surface area contributed by atoms with Crippen LogP contribution >= 0.6 is 11.3 Å². The van der Waals surface area contributed by atoms with Crippen LogP contribution in [0.1, 0.15) is 42.5 Å². The summed E-state index contributed by atoms with van der Waals surface area (Å²) in [5.41, 5.74) is 0. The Hall–Kier alpha value is -1.79. The number of hydrogen-bond donors (Lipinski definition) is 2. The van der Waals surface area contributed by atoms with Crippen molar-refractivity contribution in [3.8, 4) is 0 Å². The maximum atomic E-state index is 12.2. The van der Waals surface area contributed by atoms with Crippen LogP contribution in [0.5, 0.6) is 0 Å². The van der Waals surface area contributed by atoms with Gasteiger partial charge in [0.05, 0.1) is 18.3 Å². The summed E-state index contributed by atoms with van der Waals surface area (Å²) < 4.78 is 5.57. The highest BCUT2D eigenvalue weighted by atomic mass is 32.1. The van der Waals surface area contributed by atoms with Crippen molar-refractivity contribution in [2.45, 2.75) is 31.8 Å². The third-order valence-corrected chi connectivity index (χ3v) is 5.28. The summed E-state index contributed by atoms with van der Waals surface area (Å²) in [6.07, 6.45) is 4.11. The average molecular weight is 333 g/mol. The number of rotatable bonds is 6.